The molecule has 13 rings (SSSR count). The maximum absolute atomic E-state index is 5.81. The van der Waals surface area contributed by atoms with Crippen LogP contribution in [0.25, 0.3) is 121 Å². The van der Waals surface area contributed by atoms with Crippen LogP contribution in [0.1, 0.15) is 0 Å². The van der Waals surface area contributed by atoms with Crippen LogP contribution >= 0.6 is 0 Å². The molecule has 0 fully saturated rings. The van der Waals surface area contributed by atoms with E-state index in [-0.39, 0.29) is 0 Å². The van der Waals surface area contributed by atoms with E-state index in [9.17, 15) is 0 Å². The largest absolute Gasteiger partial charge is 0.306 e. The molecule has 0 bridgehead atoms. The summed E-state index contributed by atoms with van der Waals surface area (Å²) in [5, 5.41) is 9.35. The summed E-state index contributed by atoms with van der Waals surface area (Å²) in [7, 11) is 0. The van der Waals surface area contributed by atoms with Crippen LogP contribution in [0, 0.1) is 0 Å². The summed E-state index contributed by atoms with van der Waals surface area (Å²) in [6, 6.07) is 65.7. The van der Waals surface area contributed by atoms with E-state index in [0.717, 1.165) is 55.4 Å². The van der Waals surface area contributed by atoms with Gasteiger partial charge in [0.05, 0.1) is 38.8 Å². The van der Waals surface area contributed by atoms with Crippen molar-refractivity contribution >= 4 is 76.2 Å². The molecule has 0 saturated heterocycles. The van der Waals surface area contributed by atoms with E-state index in [1.54, 1.807) is 0 Å². The van der Waals surface area contributed by atoms with Crippen LogP contribution < -0.4 is 0 Å². The summed E-state index contributed by atoms with van der Waals surface area (Å²) < 4.78 is 4.95. The Hall–Kier alpha value is -7.56. The summed E-state index contributed by atoms with van der Waals surface area (Å²) in [6.45, 7) is 0. The molecule has 0 atom stereocenters. The summed E-state index contributed by atoms with van der Waals surface area (Å²) in [5.41, 5.74) is 14.4. The Kier molecular flexibility index (Phi) is 5.86. The Morgan fingerprint density at radius 3 is 1.55 bits per heavy atom. The van der Waals surface area contributed by atoms with E-state index < -0.39 is 0 Å². The number of fused-ring (bicyclic) bond motifs is 18. The molecule has 0 spiro atoms. The third-order valence-corrected chi connectivity index (χ3v) is 12.0. The van der Waals surface area contributed by atoms with Crippen molar-refractivity contribution in [3.63, 3.8) is 0 Å². The molecule has 0 aliphatic carbocycles. The zero-order valence-corrected chi connectivity index (χ0v) is 30.1. The van der Waals surface area contributed by atoms with Crippen molar-refractivity contribution in [1.82, 2.24) is 19.1 Å². The van der Waals surface area contributed by atoms with Crippen molar-refractivity contribution in [2.24, 2.45) is 0 Å². The Morgan fingerprint density at radius 2 is 0.804 bits per heavy atom. The van der Waals surface area contributed by atoms with Crippen LogP contribution in [-0.4, -0.2) is 19.1 Å². The normalized spacial score (nSPS) is 12.3. The molecule has 0 N–H and O–H groups in total. The number of hydrogen-bond acceptors (Lipinski definition) is 2. The van der Waals surface area contributed by atoms with Crippen LogP contribution in [0.15, 0.2) is 182 Å². The van der Waals surface area contributed by atoms with E-state index in [2.05, 4.69) is 191 Å². The van der Waals surface area contributed by atoms with Gasteiger partial charge in [-0.25, -0.2) is 9.97 Å². The maximum atomic E-state index is 5.81. The second-order valence-corrected chi connectivity index (χ2v) is 14.9. The lowest BCUT2D eigenvalue weighted by Crippen LogP contribution is -2.05. The van der Waals surface area contributed by atoms with Crippen molar-refractivity contribution in [3.05, 3.63) is 182 Å². The van der Waals surface area contributed by atoms with Crippen LogP contribution in [0.3, 0.4) is 0 Å². The minimum atomic E-state index is 0.811. The predicted molar refractivity (Wildman–Crippen MR) is 233 cm³/mol. The molecule has 4 heteroatoms. The number of aromatic nitrogens is 4. The van der Waals surface area contributed by atoms with Crippen molar-refractivity contribution in [3.8, 4) is 45.0 Å². The number of rotatable bonds is 2. The molecule has 12 aromatic rings. The smallest absolute Gasteiger partial charge is 0.165 e. The monoisotopic (exact) mass is 710 g/mol. The first-order valence-electron chi connectivity index (χ1n) is 19.2. The van der Waals surface area contributed by atoms with Crippen LogP contribution in [-0.2, 0) is 0 Å². The van der Waals surface area contributed by atoms with Crippen LogP contribution in [0.4, 0.5) is 0 Å². The topological polar surface area (TPSA) is 35.6 Å². The molecule has 0 saturated carbocycles. The zero-order chi connectivity index (χ0) is 36.5. The van der Waals surface area contributed by atoms with Gasteiger partial charge in [-0.2, -0.15) is 0 Å². The lowest BCUT2D eigenvalue weighted by atomic mass is 9.94. The molecule has 0 radical (unpaired) electrons. The minimum absolute atomic E-state index is 0.811. The van der Waals surface area contributed by atoms with Gasteiger partial charge in [0.15, 0.2) is 5.82 Å². The van der Waals surface area contributed by atoms with Gasteiger partial charge < -0.3 is 4.57 Å². The molecular formula is C52H30N4. The quantitative estimate of drug-likeness (QED) is 0.167. The highest BCUT2D eigenvalue weighted by atomic mass is 15.1. The fraction of sp³-hybridized carbons (Fsp3) is 0. The number of nitrogens with zero attached hydrogens (tertiary/aromatic N) is 4. The fourth-order valence-corrected chi connectivity index (χ4v) is 9.72. The van der Waals surface area contributed by atoms with E-state index in [1.807, 2.05) is 0 Å². The highest BCUT2D eigenvalue weighted by Crippen LogP contribution is 2.49. The summed E-state index contributed by atoms with van der Waals surface area (Å²) >= 11 is 0. The average molecular weight is 711 g/mol. The van der Waals surface area contributed by atoms with Crippen LogP contribution in [0.2, 0.25) is 0 Å². The van der Waals surface area contributed by atoms with Gasteiger partial charge in [0, 0.05) is 49.0 Å². The van der Waals surface area contributed by atoms with Gasteiger partial charge >= 0.3 is 0 Å². The van der Waals surface area contributed by atoms with Gasteiger partial charge in [0.25, 0.3) is 0 Å². The molecule has 3 aromatic heterocycles. The van der Waals surface area contributed by atoms with Gasteiger partial charge in [0.2, 0.25) is 0 Å². The van der Waals surface area contributed by atoms with Crippen molar-refractivity contribution in [2.45, 2.75) is 0 Å². The standard InChI is InChI=1S/C52H30N4/c1-2-15-31(16-3-1)46-52(54-48-39-24-9-7-19-34(39)33-18-6-8-23-38(33)47(48)53-46)56-45-28-13-11-22-37(45)42-29-30-43-41-26-14-25-40-35-20-5-4-17-32(35)36-21-10-12-27-44(36)55(49(40)41)50(43)51(42)56/h1-30H. The Bertz CT molecular complexity index is 3650. The summed E-state index contributed by atoms with van der Waals surface area (Å²) in [5.74, 6) is 0.811. The Labute approximate surface area is 321 Å². The highest BCUT2D eigenvalue weighted by molar-refractivity contribution is 6.27. The molecule has 1 aliphatic heterocycles. The molecule has 0 unspecified atom stereocenters. The number of para-hydroxylation sites is 3. The van der Waals surface area contributed by atoms with E-state index in [4.69, 9.17) is 9.97 Å². The average Bonchev–Trinajstić information content (AvgIpc) is 3.75. The predicted octanol–water partition coefficient (Wildman–Crippen LogP) is 13.4. The molecule has 0 amide bonds. The van der Waals surface area contributed by atoms with Crippen molar-refractivity contribution < 1.29 is 0 Å². The molecule has 1 aliphatic rings. The van der Waals surface area contributed by atoms with Gasteiger partial charge in [0.1, 0.15) is 5.69 Å². The minimum Gasteiger partial charge on any atom is -0.306 e. The lowest BCUT2D eigenvalue weighted by molar-refractivity contribution is 1.08. The third-order valence-electron chi connectivity index (χ3n) is 12.0. The third kappa shape index (κ3) is 3.82. The number of benzene rings is 9. The summed E-state index contributed by atoms with van der Waals surface area (Å²) in [4.78, 5) is 11.5. The molecule has 9 aromatic carbocycles. The van der Waals surface area contributed by atoms with Gasteiger partial charge in [-0.15, -0.1) is 0 Å². The second kappa shape index (κ2) is 11.0. The van der Waals surface area contributed by atoms with Crippen LogP contribution in [0.5, 0.6) is 0 Å². The SMILES string of the molecule is c1ccc(-c2nc3c4ccccc4c4ccccc4c3nc2-n2c3ccccc3c3ccc4c5cccc6c5n(c4c32)-c2ccccc2-c2ccccc2-6)cc1. The first-order chi connectivity index (χ1) is 27.8. The first-order valence-corrected chi connectivity index (χ1v) is 19.2. The van der Waals surface area contributed by atoms with E-state index >= 15 is 0 Å². The van der Waals surface area contributed by atoms with E-state index in [1.165, 1.54) is 65.8 Å². The summed E-state index contributed by atoms with van der Waals surface area (Å²) in [6.07, 6.45) is 0. The van der Waals surface area contributed by atoms with Gasteiger partial charge in [-0.3, -0.25) is 4.57 Å². The van der Waals surface area contributed by atoms with Crippen molar-refractivity contribution in [1.29, 1.82) is 0 Å². The molecule has 56 heavy (non-hydrogen) atoms. The van der Waals surface area contributed by atoms with Crippen molar-refractivity contribution in [2.75, 3.05) is 0 Å². The molecule has 258 valence electrons. The molecule has 4 heterocycles. The number of hydrogen-bond donors (Lipinski definition) is 0. The maximum Gasteiger partial charge on any atom is 0.165 e. The van der Waals surface area contributed by atoms with Gasteiger partial charge in [-0.05, 0) is 34.0 Å². The lowest BCUT2D eigenvalue weighted by Gasteiger charge is -2.17. The Balaban J connectivity index is 1.29. The second-order valence-electron chi connectivity index (χ2n) is 14.9. The Morgan fingerprint density at radius 1 is 0.304 bits per heavy atom. The first kappa shape index (κ1) is 29.8. The molecular weight excluding hydrogens is 681 g/mol. The fourth-order valence-electron chi connectivity index (χ4n) is 9.72. The van der Waals surface area contributed by atoms with Gasteiger partial charge in [-0.1, -0.05) is 170 Å². The highest BCUT2D eigenvalue weighted by Gasteiger charge is 2.28. The van der Waals surface area contributed by atoms with E-state index in [0.29, 0.717) is 0 Å². The molecule has 4 nitrogen and oxygen atoms in total. The zero-order valence-electron chi connectivity index (χ0n) is 30.1.